The molecule has 1 saturated carbocycles. The summed E-state index contributed by atoms with van der Waals surface area (Å²) in [6, 6.07) is 1.88. The van der Waals surface area contributed by atoms with Crippen molar-refractivity contribution < 1.29 is 0 Å². The fraction of sp³-hybridized carbons (Fsp3) is 0.857. The largest absolute Gasteiger partial charge is 0.312 e. The van der Waals surface area contributed by atoms with Gasteiger partial charge < -0.3 is 5.32 Å². The van der Waals surface area contributed by atoms with Gasteiger partial charge in [-0.2, -0.15) is 5.10 Å². The van der Waals surface area contributed by atoms with E-state index in [0.717, 1.165) is 25.0 Å². The number of rotatable bonds is 6. The first kappa shape index (κ1) is 13.1. The summed E-state index contributed by atoms with van der Waals surface area (Å²) in [6.07, 6.45) is 7.05. The molecule has 19 heavy (non-hydrogen) atoms. The molecule has 106 valence electrons. The summed E-state index contributed by atoms with van der Waals surface area (Å²) in [5.41, 5.74) is 0. The summed E-state index contributed by atoms with van der Waals surface area (Å²) in [4.78, 5) is 7.00. The predicted molar refractivity (Wildman–Crippen MR) is 74.9 cm³/mol. The molecule has 1 unspecified atom stereocenters. The zero-order valence-electron chi connectivity index (χ0n) is 12.0. The second kappa shape index (κ2) is 5.59. The quantitative estimate of drug-likeness (QED) is 0.846. The first-order valence-electron chi connectivity index (χ1n) is 7.60. The van der Waals surface area contributed by atoms with Gasteiger partial charge in [0.1, 0.15) is 12.2 Å². The minimum absolute atomic E-state index is 0.392. The fourth-order valence-electron chi connectivity index (χ4n) is 2.92. The van der Waals surface area contributed by atoms with E-state index in [0.29, 0.717) is 12.1 Å². The van der Waals surface area contributed by atoms with E-state index in [-0.39, 0.29) is 0 Å². The molecular formula is C14H25N5. The topological polar surface area (TPSA) is 46.0 Å². The summed E-state index contributed by atoms with van der Waals surface area (Å²) in [5.74, 6) is 1.10. The van der Waals surface area contributed by atoms with Gasteiger partial charge in [-0.15, -0.1) is 0 Å². The maximum absolute atomic E-state index is 4.43. The summed E-state index contributed by atoms with van der Waals surface area (Å²) in [7, 11) is 0. The van der Waals surface area contributed by atoms with Crippen LogP contribution < -0.4 is 5.32 Å². The average molecular weight is 263 g/mol. The predicted octanol–water partition coefficient (Wildman–Crippen LogP) is 1.58. The molecule has 1 saturated heterocycles. The number of nitrogens with zero attached hydrogens (tertiary/aromatic N) is 4. The summed E-state index contributed by atoms with van der Waals surface area (Å²) < 4.78 is 2.05. The molecule has 0 amide bonds. The van der Waals surface area contributed by atoms with E-state index < -0.39 is 0 Å². The van der Waals surface area contributed by atoms with Crippen molar-refractivity contribution in [3.05, 3.63) is 12.2 Å². The number of nitrogens with one attached hydrogen (secondary N) is 1. The molecule has 1 aliphatic heterocycles. The monoisotopic (exact) mass is 263 g/mol. The van der Waals surface area contributed by atoms with Gasteiger partial charge in [0.05, 0.1) is 6.54 Å². The summed E-state index contributed by atoms with van der Waals surface area (Å²) in [6.45, 7) is 7.60. The van der Waals surface area contributed by atoms with E-state index in [9.17, 15) is 0 Å². The summed E-state index contributed by atoms with van der Waals surface area (Å²) in [5, 5.41) is 7.99. The fourth-order valence-corrected chi connectivity index (χ4v) is 2.92. The van der Waals surface area contributed by atoms with Gasteiger partial charge in [-0.1, -0.05) is 0 Å². The second-order valence-corrected chi connectivity index (χ2v) is 6.16. The highest BCUT2D eigenvalue weighted by atomic mass is 15.4. The molecule has 2 heterocycles. The van der Waals surface area contributed by atoms with Crippen LogP contribution in [0.25, 0.3) is 0 Å². The molecule has 5 heteroatoms. The standard InChI is InChI=1S/C14H25N5/c1-11(2)19-14(16-10-17-19)9-18-7-3-4-13(18)8-15-12-5-6-12/h10-13,15H,3-9H2,1-2H3. The molecule has 5 nitrogen and oxygen atoms in total. The molecule has 0 radical (unpaired) electrons. The van der Waals surface area contributed by atoms with Gasteiger partial charge in [0, 0.05) is 24.7 Å². The van der Waals surface area contributed by atoms with Gasteiger partial charge in [-0.25, -0.2) is 9.67 Å². The Kier molecular flexibility index (Phi) is 3.84. The molecule has 1 aromatic rings. The van der Waals surface area contributed by atoms with Crippen molar-refractivity contribution in [2.45, 2.75) is 64.2 Å². The van der Waals surface area contributed by atoms with Crippen LogP contribution in [0.5, 0.6) is 0 Å². The van der Waals surface area contributed by atoms with Gasteiger partial charge in [-0.3, -0.25) is 4.90 Å². The number of hydrogen-bond acceptors (Lipinski definition) is 4. The van der Waals surface area contributed by atoms with Crippen molar-refractivity contribution in [3.8, 4) is 0 Å². The van der Waals surface area contributed by atoms with Gasteiger partial charge in [0.2, 0.25) is 0 Å². The molecule has 2 aliphatic rings. The Bertz CT molecular complexity index is 410. The zero-order chi connectivity index (χ0) is 13.2. The molecular weight excluding hydrogens is 238 g/mol. The van der Waals surface area contributed by atoms with Crippen LogP contribution in [0, 0.1) is 0 Å². The molecule has 0 spiro atoms. The Morgan fingerprint density at radius 3 is 2.95 bits per heavy atom. The summed E-state index contributed by atoms with van der Waals surface area (Å²) >= 11 is 0. The third-order valence-corrected chi connectivity index (χ3v) is 4.20. The average Bonchev–Trinajstić information content (AvgIpc) is 2.92. The molecule has 1 N–H and O–H groups in total. The smallest absolute Gasteiger partial charge is 0.141 e. The highest BCUT2D eigenvalue weighted by molar-refractivity contribution is 4.92. The van der Waals surface area contributed by atoms with Crippen LogP contribution >= 0.6 is 0 Å². The lowest BCUT2D eigenvalue weighted by atomic mass is 10.2. The van der Waals surface area contributed by atoms with E-state index in [1.165, 1.54) is 32.2 Å². The zero-order valence-corrected chi connectivity index (χ0v) is 12.0. The Hall–Kier alpha value is -0.940. The highest BCUT2D eigenvalue weighted by Gasteiger charge is 2.28. The van der Waals surface area contributed by atoms with Crippen LogP contribution in [0.3, 0.4) is 0 Å². The van der Waals surface area contributed by atoms with Crippen LogP contribution in [0.1, 0.15) is 51.4 Å². The van der Waals surface area contributed by atoms with E-state index in [1.807, 2.05) is 4.68 Å². The van der Waals surface area contributed by atoms with Crippen molar-refractivity contribution in [1.29, 1.82) is 0 Å². The molecule has 3 rings (SSSR count). The lowest BCUT2D eigenvalue weighted by Gasteiger charge is -2.24. The van der Waals surface area contributed by atoms with Crippen molar-refractivity contribution in [1.82, 2.24) is 25.0 Å². The maximum Gasteiger partial charge on any atom is 0.141 e. The van der Waals surface area contributed by atoms with Crippen LogP contribution in [0.4, 0.5) is 0 Å². The molecule has 1 atom stereocenters. The van der Waals surface area contributed by atoms with Gasteiger partial charge in [0.25, 0.3) is 0 Å². The van der Waals surface area contributed by atoms with E-state index >= 15 is 0 Å². The third kappa shape index (κ3) is 3.15. The van der Waals surface area contributed by atoms with Gasteiger partial charge in [0.15, 0.2) is 0 Å². The normalized spacial score (nSPS) is 24.5. The number of aromatic nitrogens is 3. The van der Waals surface area contributed by atoms with Crippen molar-refractivity contribution in [3.63, 3.8) is 0 Å². The first-order valence-corrected chi connectivity index (χ1v) is 7.60. The Balaban J connectivity index is 1.59. The molecule has 2 fully saturated rings. The maximum atomic E-state index is 4.43. The SMILES string of the molecule is CC(C)n1ncnc1CN1CCCC1CNC1CC1. The Morgan fingerprint density at radius 2 is 2.21 bits per heavy atom. The Morgan fingerprint density at radius 1 is 1.37 bits per heavy atom. The number of likely N-dealkylation sites (tertiary alicyclic amines) is 1. The van der Waals surface area contributed by atoms with E-state index in [2.05, 4.69) is 34.1 Å². The van der Waals surface area contributed by atoms with E-state index in [1.54, 1.807) is 6.33 Å². The third-order valence-electron chi connectivity index (χ3n) is 4.20. The van der Waals surface area contributed by atoms with Crippen molar-refractivity contribution in [2.24, 2.45) is 0 Å². The van der Waals surface area contributed by atoms with Crippen LogP contribution in [-0.4, -0.2) is 44.8 Å². The van der Waals surface area contributed by atoms with Crippen LogP contribution in [-0.2, 0) is 6.54 Å². The van der Waals surface area contributed by atoms with Crippen molar-refractivity contribution in [2.75, 3.05) is 13.1 Å². The van der Waals surface area contributed by atoms with Crippen LogP contribution in [0.15, 0.2) is 6.33 Å². The molecule has 0 bridgehead atoms. The van der Waals surface area contributed by atoms with Gasteiger partial charge in [-0.05, 0) is 46.1 Å². The minimum atomic E-state index is 0.392. The molecule has 1 aliphatic carbocycles. The lowest BCUT2D eigenvalue weighted by Crippen LogP contribution is -2.38. The van der Waals surface area contributed by atoms with Crippen LogP contribution in [0.2, 0.25) is 0 Å². The minimum Gasteiger partial charge on any atom is -0.312 e. The first-order chi connectivity index (χ1) is 9.24. The lowest BCUT2D eigenvalue weighted by molar-refractivity contribution is 0.227. The number of hydrogen-bond donors (Lipinski definition) is 1. The van der Waals surface area contributed by atoms with Crippen molar-refractivity contribution >= 4 is 0 Å². The molecule has 1 aromatic heterocycles. The van der Waals surface area contributed by atoms with E-state index in [4.69, 9.17) is 0 Å². The second-order valence-electron chi connectivity index (χ2n) is 6.16. The molecule has 0 aromatic carbocycles. The highest BCUT2D eigenvalue weighted by Crippen LogP contribution is 2.22. The van der Waals surface area contributed by atoms with Gasteiger partial charge >= 0.3 is 0 Å². The Labute approximate surface area is 115 Å².